The molecule has 2 amide bonds. The van der Waals surface area contributed by atoms with Crippen molar-refractivity contribution in [1.82, 2.24) is 10.2 Å². The van der Waals surface area contributed by atoms with E-state index in [-0.39, 0.29) is 18.4 Å². The Balaban J connectivity index is 2.22. The molecule has 0 heterocycles. The first-order valence-electron chi connectivity index (χ1n) is 9.84. The summed E-state index contributed by atoms with van der Waals surface area (Å²) in [7, 11) is 0. The normalized spacial score (nSPS) is 12.2. The van der Waals surface area contributed by atoms with Gasteiger partial charge in [0, 0.05) is 17.1 Å². The zero-order valence-electron chi connectivity index (χ0n) is 17.7. The number of carbonyl (C=O) groups excluding carboxylic acids is 2. The first-order chi connectivity index (χ1) is 14.1. The molecule has 0 aliphatic rings. The van der Waals surface area contributed by atoms with Crippen LogP contribution in [-0.4, -0.2) is 34.9 Å². The summed E-state index contributed by atoms with van der Waals surface area (Å²) in [5.41, 5.74) is 0.553. The topological polar surface area (TPSA) is 58.6 Å². The number of hydrogen-bond acceptors (Lipinski definition) is 3. The zero-order chi connectivity index (χ0) is 22.3. The Morgan fingerprint density at radius 3 is 2.40 bits per heavy atom. The number of nitrogens with zero attached hydrogens (tertiary/aromatic N) is 1. The maximum atomic E-state index is 13.1. The minimum Gasteiger partial charge on any atom is -0.483 e. The molecule has 0 aliphatic carbocycles. The van der Waals surface area contributed by atoms with E-state index in [1.807, 2.05) is 58.0 Å². The molecule has 1 N–H and O–H groups in total. The molecule has 0 radical (unpaired) electrons. The lowest BCUT2D eigenvalue weighted by Crippen LogP contribution is -2.54. The Morgan fingerprint density at radius 1 is 1.17 bits per heavy atom. The van der Waals surface area contributed by atoms with E-state index in [9.17, 15) is 9.59 Å². The molecule has 0 fully saturated rings. The van der Waals surface area contributed by atoms with Crippen LogP contribution in [0.4, 0.5) is 0 Å². The fourth-order valence-electron chi connectivity index (χ4n) is 2.97. The predicted octanol–water partition coefficient (Wildman–Crippen LogP) is 5.20. The fourth-order valence-corrected chi connectivity index (χ4v) is 3.76. The van der Waals surface area contributed by atoms with E-state index in [0.29, 0.717) is 28.2 Å². The number of benzene rings is 2. The highest BCUT2D eigenvalue weighted by Gasteiger charge is 2.30. The monoisotopic (exact) mass is 494 g/mol. The molecule has 0 saturated carbocycles. The molecule has 0 spiro atoms. The van der Waals surface area contributed by atoms with E-state index in [0.717, 1.165) is 5.56 Å². The number of halogens is 2. The second-order valence-electron chi connectivity index (χ2n) is 8.03. The van der Waals surface area contributed by atoms with Crippen molar-refractivity contribution in [3.63, 3.8) is 0 Å². The number of amides is 2. The van der Waals surface area contributed by atoms with E-state index in [1.54, 1.807) is 23.1 Å². The van der Waals surface area contributed by atoms with Crippen molar-refractivity contribution < 1.29 is 14.3 Å². The van der Waals surface area contributed by atoms with Crippen molar-refractivity contribution in [2.75, 3.05) is 6.61 Å². The minimum atomic E-state index is -0.603. The number of ether oxygens (including phenoxy) is 1. The van der Waals surface area contributed by atoms with Crippen molar-refractivity contribution in [3.05, 3.63) is 63.6 Å². The third-order valence-corrected chi connectivity index (χ3v) is 5.18. The second-order valence-corrected chi connectivity index (χ2v) is 9.32. The lowest BCUT2D eigenvalue weighted by Gasteiger charge is -2.33. The van der Waals surface area contributed by atoms with Crippen LogP contribution in [0.15, 0.2) is 53.0 Å². The van der Waals surface area contributed by atoms with Crippen molar-refractivity contribution in [3.8, 4) is 5.75 Å². The summed E-state index contributed by atoms with van der Waals surface area (Å²) in [6, 6.07) is 14.1. The average molecular weight is 496 g/mol. The van der Waals surface area contributed by atoms with Crippen LogP contribution in [-0.2, 0) is 16.1 Å². The van der Waals surface area contributed by atoms with Crippen LogP contribution >= 0.6 is 27.5 Å². The van der Waals surface area contributed by atoms with Gasteiger partial charge in [-0.2, -0.15) is 0 Å². The van der Waals surface area contributed by atoms with E-state index >= 15 is 0 Å². The highest BCUT2D eigenvalue weighted by Crippen LogP contribution is 2.28. The van der Waals surface area contributed by atoms with Gasteiger partial charge in [-0.3, -0.25) is 9.59 Å². The standard InChI is InChI=1S/C23H28BrClN2O3/c1-5-19(22(29)26-23(2,3)4)27(14-16-9-7-6-8-10-16)21(28)15-30-20-12-11-17(25)13-18(20)24/h6-13,19H,5,14-15H2,1-4H3,(H,26,29)/t19-/m0/s1. The molecule has 7 heteroatoms. The maximum Gasteiger partial charge on any atom is 0.261 e. The number of rotatable bonds is 8. The van der Waals surface area contributed by atoms with E-state index in [4.69, 9.17) is 16.3 Å². The molecule has 162 valence electrons. The van der Waals surface area contributed by atoms with Gasteiger partial charge in [-0.25, -0.2) is 0 Å². The summed E-state index contributed by atoms with van der Waals surface area (Å²) in [6.45, 7) is 7.79. The smallest absolute Gasteiger partial charge is 0.261 e. The second kappa shape index (κ2) is 10.8. The maximum absolute atomic E-state index is 13.1. The van der Waals surface area contributed by atoms with Crippen molar-refractivity contribution in [2.45, 2.75) is 52.2 Å². The van der Waals surface area contributed by atoms with Crippen molar-refractivity contribution in [2.24, 2.45) is 0 Å². The first kappa shape index (κ1) is 24.2. The zero-order valence-corrected chi connectivity index (χ0v) is 20.1. The molecular weight excluding hydrogens is 468 g/mol. The molecular formula is C23H28BrClN2O3. The van der Waals surface area contributed by atoms with Gasteiger partial charge < -0.3 is 15.0 Å². The molecule has 0 saturated heterocycles. The third kappa shape index (κ3) is 7.33. The Labute approximate surface area is 191 Å². The van der Waals surface area contributed by atoms with Crippen LogP contribution in [0, 0.1) is 0 Å². The molecule has 30 heavy (non-hydrogen) atoms. The molecule has 5 nitrogen and oxygen atoms in total. The van der Waals surface area contributed by atoms with Gasteiger partial charge in [0.1, 0.15) is 11.8 Å². The van der Waals surface area contributed by atoms with Crippen LogP contribution in [0.3, 0.4) is 0 Å². The van der Waals surface area contributed by atoms with Gasteiger partial charge in [-0.1, -0.05) is 48.9 Å². The lowest BCUT2D eigenvalue weighted by molar-refractivity contribution is -0.143. The van der Waals surface area contributed by atoms with Crippen LogP contribution in [0.25, 0.3) is 0 Å². The number of hydrogen-bond donors (Lipinski definition) is 1. The molecule has 0 aliphatic heterocycles. The number of nitrogens with one attached hydrogen (secondary N) is 1. The van der Waals surface area contributed by atoms with E-state index in [2.05, 4.69) is 21.2 Å². The van der Waals surface area contributed by atoms with Gasteiger partial charge in [0.25, 0.3) is 5.91 Å². The Morgan fingerprint density at radius 2 is 1.83 bits per heavy atom. The Kier molecular flexibility index (Phi) is 8.74. The van der Waals surface area contributed by atoms with Gasteiger partial charge >= 0.3 is 0 Å². The molecule has 1 atom stereocenters. The van der Waals surface area contributed by atoms with Crippen molar-refractivity contribution >= 4 is 39.3 Å². The van der Waals surface area contributed by atoms with Crippen LogP contribution in [0.5, 0.6) is 5.75 Å². The third-order valence-electron chi connectivity index (χ3n) is 4.32. The van der Waals surface area contributed by atoms with Gasteiger partial charge in [0.05, 0.1) is 4.47 Å². The summed E-state index contributed by atoms with van der Waals surface area (Å²) in [5, 5.41) is 3.55. The fraction of sp³-hybridized carbons (Fsp3) is 0.391. The summed E-state index contributed by atoms with van der Waals surface area (Å²) in [4.78, 5) is 27.7. The summed E-state index contributed by atoms with van der Waals surface area (Å²) >= 11 is 9.35. The SMILES string of the molecule is CC[C@@H](C(=O)NC(C)(C)C)N(Cc1ccccc1)C(=O)COc1ccc(Cl)cc1Br. The van der Waals surface area contributed by atoms with Crippen LogP contribution in [0.1, 0.15) is 39.7 Å². The van der Waals surface area contributed by atoms with E-state index < -0.39 is 11.6 Å². The lowest BCUT2D eigenvalue weighted by atomic mass is 10.1. The highest BCUT2D eigenvalue weighted by atomic mass is 79.9. The summed E-state index contributed by atoms with van der Waals surface area (Å²) in [5.74, 6) is 0.0677. The Bertz CT molecular complexity index is 868. The number of carbonyl (C=O) groups is 2. The minimum absolute atomic E-state index is 0.179. The molecule has 2 aromatic carbocycles. The molecule has 0 unspecified atom stereocenters. The van der Waals surface area contributed by atoms with E-state index in [1.165, 1.54) is 0 Å². The van der Waals surface area contributed by atoms with Crippen molar-refractivity contribution in [1.29, 1.82) is 0 Å². The molecule has 0 bridgehead atoms. The largest absolute Gasteiger partial charge is 0.483 e. The molecule has 2 rings (SSSR count). The van der Waals surface area contributed by atoms with Gasteiger partial charge in [0.2, 0.25) is 5.91 Å². The van der Waals surface area contributed by atoms with Gasteiger partial charge in [-0.15, -0.1) is 0 Å². The molecule has 2 aromatic rings. The average Bonchev–Trinajstić information content (AvgIpc) is 2.66. The highest BCUT2D eigenvalue weighted by molar-refractivity contribution is 9.10. The van der Waals surface area contributed by atoms with Crippen LogP contribution < -0.4 is 10.1 Å². The van der Waals surface area contributed by atoms with Gasteiger partial charge in [-0.05, 0) is 66.9 Å². The molecule has 0 aromatic heterocycles. The first-order valence-corrected chi connectivity index (χ1v) is 11.0. The summed E-state index contributed by atoms with van der Waals surface area (Å²) < 4.78 is 6.38. The Hall–Kier alpha value is -2.05. The van der Waals surface area contributed by atoms with Gasteiger partial charge in [0.15, 0.2) is 6.61 Å². The predicted molar refractivity (Wildman–Crippen MR) is 124 cm³/mol. The summed E-state index contributed by atoms with van der Waals surface area (Å²) in [6.07, 6.45) is 0.491. The quantitative estimate of drug-likeness (QED) is 0.547. The van der Waals surface area contributed by atoms with Crippen LogP contribution in [0.2, 0.25) is 5.02 Å².